The zero-order chi connectivity index (χ0) is 15.7. The van der Waals surface area contributed by atoms with E-state index < -0.39 is 0 Å². The van der Waals surface area contributed by atoms with Crippen LogP contribution >= 0.6 is 22.7 Å². The molecule has 1 aromatic carbocycles. The molecule has 0 aliphatic rings. The first-order valence-electron chi connectivity index (χ1n) is 6.95. The number of hydrogen-bond acceptors (Lipinski definition) is 4. The van der Waals surface area contributed by atoms with Gasteiger partial charge in [0.25, 0.3) is 5.91 Å². The number of benzene rings is 1. The molecule has 1 N–H and O–H groups in total. The lowest BCUT2D eigenvalue weighted by molar-refractivity contribution is 0.103. The van der Waals surface area contributed by atoms with Crippen LogP contribution in [0.25, 0.3) is 11.3 Å². The van der Waals surface area contributed by atoms with E-state index in [0.29, 0.717) is 10.0 Å². The predicted molar refractivity (Wildman–Crippen MR) is 94.0 cm³/mol. The van der Waals surface area contributed by atoms with Crippen LogP contribution in [-0.4, -0.2) is 10.9 Å². The number of aryl methyl sites for hydroxylation is 3. The summed E-state index contributed by atoms with van der Waals surface area (Å²) >= 11 is 2.99. The van der Waals surface area contributed by atoms with Gasteiger partial charge in [-0.1, -0.05) is 29.8 Å². The maximum atomic E-state index is 12.2. The Hall–Kier alpha value is -1.98. The molecule has 0 aliphatic heterocycles. The predicted octanol–water partition coefficient (Wildman–Crippen LogP) is 5.05. The number of nitrogens with zero attached hydrogens (tertiary/aromatic N) is 1. The minimum atomic E-state index is -0.0951. The molecule has 0 fully saturated rings. The maximum absolute atomic E-state index is 12.2. The SMILES string of the molecule is Cc1ccc(-c2nc(NC(=O)c3ccc(C)s3)sc2C)cc1. The van der Waals surface area contributed by atoms with Gasteiger partial charge in [-0.05, 0) is 32.9 Å². The van der Waals surface area contributed by atoms with Crippen LogP contribution in [0.1, 0.15) is 25.0 Å². The van der Waals surface area contributed by atoms with Crippen molar-refractivity contribution >= 4 is 33.7 Å². The minimum Gasteiger partial charge on any atom is -0.297 e. The Bertz CT molecular complexity index is 816. The molecule has 2 heterocycles. The molecule has 2 aromatic heterocycles. The number of rotatable bonds is 3. The number of carbonyl (C=O) groups excluding carboxylic acids is 1. The van der Waals surface area contributed by atoms with E-state index in [2.05, 4.69) is 41.5 Å². The van der Waals surface area contributed by atoms with E-state index in [0.717, 1.165) is 21.0 Å². The molecule has 1 amide bonds. The fraction of sp³-hybridized carbons (Fsp3) is 0.176. The molecule has 0 aliphatic carbocycles. The average molecular weight is 328 g/mol. The molecule has 3 aromatic rings. The van der Waals surface area contributed by atoms with Gasteiger partial charge in [0.05, 0.1) is 10.6 Å². The van der Waals surface area contributed by atoms with Crippen LogP contribution in [-0.2, 0) is 0 Å². The fourth-order valence-corrected chi connectivity index (χ4v) is 3.74. The van der Waals surface area contributed by atoms with Crippen molar-refractivity contribution in [3.05, 3.63) is 56.6 Å². The summed E-state index contributed by atoms with van der Waals surface area (Å²) in [5.74, 6) is -0.0951. The number of carbonyl (C=O) groups is 1. The lowest BCUT2D eigenvalue weighted by Crippen LogP contribution is -2.09. The topological polar surface area (TPSA) is 42.0 Å². The van der Waals surface area contributed by atoms with Crippen LogP contribution in [0.15, 0.2) is 36.4 Å². The molecule has 0 saturated heterocycles. The van der Waals surface area contributed by atoms with Crippen LogP contribution < -0.4 is 5.32 Å². The molecule has 3 rings (SSSR count). The second kappa shape index (κ2) is 6.02. The molecule has 0 atom stereocenters. The van der Waals surface area contributed by atoms with Crippen LogP contribution in [0, 0.1) is 20.8 Å². The number of thiazole rings is 1. The highest BCUT2D eigenvalue weighted by atomic mass is 32.1. The summed E-state index contributed by atoms with van der Waals surface area (Å²) in [5, 5.41) is 3.54. The highest BCUT2D eigenvalue weighted by Gasteiger charge is 2.14. The summed E-state index contributed by atoms with van der Waals surface area (Å²) in [5.41, 5.74) is 3.23. The Kier molecular flexibility index (Phi) is 4.09. The number of aromatic nitrogens is 1. The van der Waals surface area contributed by atoms with E-state index in [1.54, 1.807) is 0 Å². The van der Waals surface area contributed by atoms with E-state index in [1.165, 1.54) is 28.2 Å². The van der Waals surface area contributed by atoms with E-state index in [-0.39, 0.29) is 5.91 Å². The monoisotopic (exact) mass is 328 g/mol. The van der Waals surface area contributed by atoms with Gasteiger partial charge in [-0.2, -0.15) is 0 Å². The Morgan fingerprint density at radius 1 is 1.00 bits per heavy atom. The Morgan fingerprint density at radius 3 is 2.36 bits per heavy atom. The van der Waals surface area contributed by atoms with Gasteiger partial charge in [-0.25, -0.2) is 4.98 Å². The van der Waals surface area contributed by atoms with Crippen molar-refractivity contribution in [3.8, 4) is 11.3 Å². The molecule has 0 bridgehead atoms. The standard InChI is InChI=1S/C17H16N2OS2/c1-10-4-7-13(8-5-10)15-12(3)22-17(18-15)19-16(20)14-9-6-11(2)21-14/h4-9H,1-3H3,(H,18,19,20). The maximum Gasteiger partial charge on any atom is 0.267 e. The van der Waals surface area contributed by atoms with Crippen LogP contribution in [0.4, 0.5) is 5.13 Å². The highest BCUT2D eigenvalue weighted by Crippen LogP contribution is 2.31. The zero-order valence-electron chi connectivity index (χ0n) is 12.6. The molecular weight excluding hydrogens is 312 g/mol. The summed E-state index contributed by atoms with van der Waals surface area (Å²) in [4.78, 5) is 19.7. The van der Waals surface area contributed by atoms with Crippen LogP contribution in [0.3, 0.4) is 0 Å². The molecule has 0 spiro atoms. The molecule has 0 unspecified atom stereocenters. The third-order valence-corrected chi connectivity index (χ3v) is 5.19. The van der Waals surface area contributed by atoms with Gasteiger partial charge < -0.3 is 0 Å². The lowest BCUT2D eigenvalue weighted by atomic mass is 10.1. The summed E-state index contributed by atoms with van der Waals surface area (Å²) in [7, 11) is 0. The zero-order valence-corrected chi connectivity index (χ0v) is 14.3. The quantitative estimate of drug-likeness (QED) is 0.731. The van der Waals surface area contributed by atoms with E-state index in [9.17, 15) is 4.79 Å². The number of hydrogen-bond donors (Lipinski definition) is 1. The molecular formula is C17H16N2OS2. The summed E-state index contributed by atoms with van der Waals surface area (Å²) in [6, 6.07) is 12.1. The molecule has 0 radical (unpaired) electrons. The van der Waals surface area contributed by atoms with Gasteiger partial charge >= 0.3 is 0 Å². The first-order chi connectivity index (χ1) is 10.5. The van der Waals surface area contributed by atoms with Crippen LogP contribution in [0.5, 0.6) is 0 Å². The highest BCUT2D eigenvalue weighted by molar-refractivity contribution is 7.16. The number of anilines is 1. The third-order valence-electron chi connectivity index (χ3n) is 3.31. The Morgan fingerprint density at radius 2 is 1.73 bits per heavy atom. The molecule has 22 heavy (non-hydrogen) atoms. The van der Waals surface area contributed by atoms with E-state index in [4.69, 9.17) is 0 Å². The van der Waals surface area contributed by atoms with Crippen molar-refractivity contribution in [2.75, 3.05) is 5.32 Å². The van der Waals surface area contributed by atoms with Gasteiger partial charge in [-0.15, -0.1) is 22.7 Å². The normalized spacial score (nSPS) is 10.7. The summed E-state index contributed by atoms with van der Waals surface area (Å²) in [6.07, 6.45) is 0. The summed E-state index contributed by atoms with van der Waals surface area (Å²) in [6.45, 7) is 6.08. The van der Waals surface area contributed by atoms with Crippen molar-refractivity contribution in [3.63, 3.8) is 0 Å². The number of amides is 1. The Balaban J connectivity index is 1.83. The molecule has 0 saturated carbocycles. The van der Waals surface area contributed by atoms with Crippen LogP contribution in [0.2, 0.25) is 0 Å². The van der Waals surface area contributed by atoms with Crippen molar-refractivity contribution in [1.29, 1.82) is 0 Å². The van der Waals surface area contributed by atoms with Gasteiger partial charge in [0.1, 0.15) is 0 Å². The molecule has 112 valence electrons. The first kappa shape index (κ1) is 14.9. The number of thiophene rings is 1. The molecule has 5 heteroatoms. The smallest absolute Gasteiger partial charge is 0.267 e. The third kappa shape index (κ3) is 3.10. The fourth-order valence-electron chi connectivity index (χ4n) is 2.14. The second-order valence-corrected chi connectivity index (χ2v) is 7.65. The number of nitrogens with one attached hydrogen (secondary N) is 1. The van der Waals surface area contributed by atoms with Gasteiger partial charge in [0.2, 0.25) is 0 Å². The molecule has 3 nitrogen and oxygen atoms in total. The largest absolute Gasteiger partial charge is 0.297 e. The van der Waals surface area contributed by atoms with Crippen molar-refractivity contribution < 1.29 is 4.79 Å². The van der Waals surface area contributed by atoms with E-state index in [1.807, 2.05) is 26.0 Å². The first-order valence-corrected chi connectivity index (χ1v) is 8.58. The average Bonchev–Trinajstić information content (AvgIpc) is 3.06. The van der Waals surface area contributed by atoms with Crippen molar-refractivity contribution in [2.45, 2.75) is 20.8 Å². The van der Waals surface area contributed by atoms with Crippen molar-refractivity contribution in [2.24, 2.45) is 0 Å². The van der Waals surface area contributed by atoms with Crippen molar-refractivity contribution in [1.82, 2.24) is 4.98 Å². The van der Waals surface area contributed by atoms with E-state index >= 15 is 0 Å². The van der Waals surface area contributed by atoms with Gasteiger partial charge in [-0.3, -0.25) is 10.1 Å². The second-order valence-electron chi connectivity index (χ2n) is 5.15. The summed E-state index contributed by atoms with van der Waals surface area (Å²) < 4.78 is 0. The van der Waals surface area contributed by atoms with Gasteiger partial charge in [0.15, 0.2) is 5.13 Å². The Labute approximate surface area is 137 Å². The minimum absolute atomic E-state index is 0.0951. The lowest BCUT2D eigenvalue weighted by Gasteiger charge is -1.99. The van der Waals surface area contributed by atoms with Gasteiger partial charge in [0, 0.05) is 15.3 Å².